The molecule has 0 bridgehead atoms. The smallest absolute Gasteiger partial charge is 0.453 e. The molecule has 2 N–H and O–H groups in total. The van der Waals surface area contributed by atoms with Gasteiger partial charge < -0.3 is 14.6 Å². The minimum absolute atomic E-state index is 0.141. The molecule has 1 rings (SSSR count). The number of alkyl carbamates (subject to hydrolysis) is 1. The molecule has 0 aliphatic heterocycles. The van der Waals surface area contributed by atoms with Crippen LogP contribution >= 0.6 is 7.82 Å². The second kappa shape index (κ2) is 8.47. The van der Waals surface area contributed by atoms with E-state index in [2.05, 4.69) is 14.6 Å². The van der Waals surface area contributed by atoms with Gasteiger partial charge in [-0.05, 0) is 24.1 Å². The van der Waals surface area contributed by atoms with Crippen molar-refractivity contribution in [2.45, 2.75) is 33.2 Å². The van der Waals surface area contributed by atoms with Gasteiger partial charge in [-0.15, -0.1) is 0 Å². The fourth-order valence-corrected chi connectivity index (χ4v) is 2.49. The van der Waals surface area contributed by atoms with Crippen LogP contribution in [0.25, 0.3) is 0 Å². The number of amides is 1. The molecule has 140 valence electrons. The number of benzene rings is 1. The van der Waals surface area contributed by atoms with E-state index in [9.17, 15) is 19.0 Å². The summed E-state index contributed by atoms with van der Waals surface area (Å²) in [7, 11) is -1.84. The van der Waals surface area contributed by atoms with E-state index >= 15 is 0 Å². The van der Waals surface area contributed by atoms with E-state index < -0.39 is 25.4 Å². The molecule has 1 unspecified atom stereocenters. The van der Waals surface area contributed by atoms with Gasteiger partial charge in [-0.25, -0.2) is 9.36 Å². The first-order chi connectivity index (χ1) is 11.5. The van der Waals surface area contributed by atoms with Crippen molar-refractivity contribution in [1.29, 1.82) is 0 Å². The van der Waals surface area contributed by atoms with Crippen LogP contribution in [-0.4, -0.2) is 37.0 Å². The summed E-state index contributed by atoms with van der Waals surface area (Å²) in [5.41, 5.74) is 0.0908. The molecule has 1 amide bonds. The second-order valence-electron chi connectivity index (χ2n) is 6.39. The first-order valence-electron chi connectivity index (χ1n) is 7.54. The lowest BCUT2D eigenvalue weighted by atomic mass is 9.84. The Morgan fingerprint density at radius 3 is 2.20 bits per heavy atom. The average molecular weight is 373 g/mol. The summed E-state index contributed by atoms with van der Waals surface area (Å²) >= 11 is 0. The highest BCUT2D eigenvalue weighted by molar-refractivity contribution is 7.47. The molecule has 1 aromatic rings. The van der Waals surface area contributed by atoms with Crippen LogP contribution in [0.1, 0.15) is 26.3 Å². The molecular weight excluding hydrogens is 349 g/mol. The monoisotopic (exact) mass is 373 g/mol. The van der Waals surface area contributed by atoms with Crippen LogP contribution in [0.2, 0.25) is 0 Å². The first-order valence-corrected chi connectivity index (χ1v) is 9.04. The lowest BCUT2D eigenvalue weighted by molar-refractivity contribution is -0.128. The van der Waals surface area contributed by atoms with Gasteiger partial charge in [0, 0.05) is 12.5 Å². The molecule has 0 heterocycles. The maximum Gasteiger partial charge on any atom is 0.527 e. The van der Waals surface area contributed by atoms with Crippen molar-refractivity contribution >= 4 is 19.7 Å². The highest BCUT2D eigenvalue weighted by atomic mass is 31.2. The van der Waals surface area contributed by atoms with E-state index in [4.69, 9.17) is 4.52 Å². The van der Waals surface area contributed by atoms with Crippen molar-refractivity contribution in [2.75, 3.05) is 14.2 Å². The number of hydrogen-bond acceptors (Lipinski definition) is 6. The largest absolute Gasteiger partial charge is 0.527 e. The third kappa shape index (κ3) is 6.86. The molecule has 0 radical (unpaired) electrons. The van der Waals surface area contributed by atoms with Crippen LogP contribution in [-0.2, 0) is 25.0 Å². The summed E-state index contributed by atoms with van der Waals surface area (Å²) in [5, 5.41) is 2.54. The predicted molar refractivity (Wildman–Crippen MR) is 91.4 cm³/mol. The van der Waals surface area contributed by atoms with E-state index in [1.807, 2.05) is 0 Å². The van der Waals surface area contributed by atoms with Gasteiger partial charge in [0.05, 0.1) is 13.2 Å². The molecule has 9 heteroatoms. The van der Waals surface area contributed by atoms with Gasteiger partial charge in [0.15, 0.2) is 5.78 Å². The number of rotatable bonds is 7. The highest BCUT2D eigenvalue weighted by Crippen LogP contribution is 2.42. The molecule has 0 saturated carbocycles. The van der Waals surface area contributed by atoms with Gasteiger partial charge in [0.1, 0.15) is 5.75 Å². The standard InChI is InChI=1S/C16H24NO7P/c1-16(2,3)14(18)13(17-15(19)22-4)10-11-6-8-12(9-7-11)24-25(20,21)23-5/h6-9,13H,10H2,1-5H3,(H,17,19)(H,20,21)/t13-/m0/s1. The van der Waals surface area contributed by atoms with Crippen molar-refractivity contribution in [3.8, 4) is 5.75 Å². The van der Waals surface area contributed by atoms with Crippen LogP contribution in [0, 0.1) is 5.41 Å². The van der Waals surface area contributed by atoms with Crippen LogP contribution in [0.5, 0.6) is 5.75 Å². The molecule has 2 atom stereocenters. The van der Waals surface area contributed by atoms with Crippen molar-refractivity contribution in [2.24, 2.45) is 5.41 Å². The molecule has 0 aliphatic carbocycles. The number of ether oxygens (including phenoxy) is 1. The number of carbonyl (C=O) groups is 2. The summed E-state index contributed by atoms with van der Waals surface area (Å²) in [6.45, 7) is 5.30. The van der Waals surface area contributed by atoms with Crippen LogP contribution in [0.15, 0.2) is 24.3 Å². The minimum Gasteiger partial charge on any atom is -0.453 e. The Balaban J connectivity index is 2.91. The summed E-state index contributed by atoms with van der Waals surface area (Å²) in [5.74, 6) is 0.00790. The highest BCUT2D eigenvalue weighted by Gasteiger charge is 2.31. The van der Waals surface area contributed by atoms with Gasteiger partial charge in [-0.2, -0.15) is 0 Å². The molecule has 0 saturated heterocycles. The number of carbonyl (C=O) groups excluding carboxylic acids is 2. The summed E-state index contributed by atoms with van der Waals surface area (Å²) in [6.07, 6.45) is -0.448. The SMILES string of the molecule is COC(=O)N[C@@H](Cc1ccc(OP(=O)(O)OC)cc1)C(=O)C(C)(C)C. The van der Waals surface area contributed by atoms with Gasteiger partial charge in [-0.3, -0.25) is 14.2 Å². The number of ketones is 1. The Morgan fingerprint density at radius 2 is 1.76 bits per heavy atom. The lowest BCUT2D eigenvalue weighted by Crippen LogP contribution is -2.46. The van der Waals surface area contributed by atoms with Crippen molar-refractivity contribution < 1.29 is 32.8 Å². The Morgan fingerprint density at radius 1 is 1.20 bits per heavy atom. The van der Waals surface area contributed by atoms with E-state index in [0.29, 0.717) is 0 Å². The van der Waals surface area contributed by atoms with Gasteiger partial charge in [-0.1, -0.05) is 32.9 Å². The lowest BCUT2D eigenvalue weighted by Gasteiger charge is -2.25. The summed E-state index contributed by atoms with van der Waals surface area (Å²) in [4.78, 5) is 33.3. The zero-order valence-corrected chi connectivity index (χ0v) is 15.8. The topological polar surface area (TPSA) is 111 Å². The third-order valence-electron chi connectivity index (χ3n) is 3.35. The molecule has 0 aromatic heterocycles. The van der Waals surface area contributed by atoms with E-state index in [0.717, 1.165) is 12.7 Å². The normalized spacial score (nSPS) is 15.0. The molecule has 1 aromatic carbocycles. The number of hydrogen-bond donors (Lipinski definition) is 2. The van der Waals surface area contributed by atoms with Crippen LogP contribution in [0.3, 0.4) is 0 Å². The van der Waals surface area contributed by atoms with E-state index in [1.54, 1.807) is 32.9 Å². The van der Waals surface area contributed by atoms with E-state index in [1.165, 1.54) is 19.2 Å². The van der Waals surface area contributed by atoms with Crippen LogP contribution < -0.4 is 9.84 Å². The quantitative estimate of drug-likeness (QED) is 0.707. The number of methoxy groups -OCH3 is 1. The molecular formula is C16H24NO7P. The molecule has 25 heavy (non-hydrogen) atoms. The van der Waals surface area contributed by atoms with Crippen molar-refractivity contribution in [3.63, 3.8) is 0 Å². The first kappa shape index (κ1) is 21.2. The molecule has 0 spiro atoms. The Kier molecular flexibility index (Phi) is 7.17. The van der Waals surface area contributed by atoms with E-state index in [-0.39, 0.29) is 18.0 Å². The van der Waals surface area contributed by atoms with Gasteiger partial charge >= 0.3 is 13.9 Å². The molecule has 0 fully saturated rings. The maximum atomic E-state index is 12.5. The zero-order chi connectivity index (χ0) is 19.3. The van der Waals surface area contributed by atoms with Gasteiger partial charge in [0.2, 0.25) is 0 Å². The number of phosphoric ester groups is 1. The fraction of sp³-hybridized carbons (Fsp3) is 0.500. The van der Waals surface area contributed by atoms with Gasteiger partial charge in [0.25, 0.3) is 0 Å². The summed E-state index contributed by atoms with van der Waals surface area (Å²) < 4.78 is 25.1. The maximum absolute atomic E-state index is 12.5. The number of phosphoric acid groups is 1. The molecule has 0 aliphatic rings. The fourth-order valence-electron chi connectivity index (χ4n) is 2.03. The summed E-state index contributed by atoms with van der Waals surface area (Å²) in [6, 6.07) is 5.46. The Hall–Kier alpha value is -1.89. The Labute approximate surface area is 147 Å². The van der Waals surface area contributed by atoms with Crippen molar-refractivity contribution in [3.05, 3.63) is 29.8 Å². The van der Waals surface area contributed by atoms with Crippen LogP contribution in [0.4, 0.5) is 4.79 Å². The zero-order valence-electron chi connectivity index (χ0n) is 14.9. The Bertz CT molecular complexity index is 651. The average Bonchev–Trinajstić information content (AvgIpc) is 2.54. The minimum atomic E-state index is -4.13. The number of Topliss-reactive ketones (excluding diaryl/α,β-unsaturated/α-hetero) is 1. The predicted octanol–water partition coefficient (Wildman–Crippen LogP) is 2.69. The number of nitrogens with one attached hydrogen (secondary N) is 1. The van der Waals surface area contributed by atoms with Crippen molar-refractivity contribution in [1.82, 2.24) is 5.32 Å². The molecule has 8 nitrogen and oxygen atoms in total. The second-order valence-corrected chi connectivity index (χ2v) is 7.88. The third-order valence-corrected chi connectivity index (χ3v) is 4.25.